The molecule has 0 unspecified atom stereocenters. The summed E-state index contributed by atoms with van der Waals surface area (Å²) in [6, 6.07) is 11.0. The third kappa shape index (κ3) is 5.85. The number of ether oxygens (including phenoxy) is 2. The molecule has 0 radical (unpaired) electrons. The zero-order valence-electron chi connectivity index (χ0n) is 27.9. The van der Waals surface area contributed by atoms with Crippen LogP contribution in [0.3, 0.4) is 0 Å². The van der Waals surface area contributed by atoms with Crippen LogP contribution in [-0.2, 0) is 23.3 Å². The highest BCUT2D eigenvalue weighted by molar-refractivity contribution is 5.87. The van der Waals surface area contributed by atoms with Crippen LogP contribution in [0, 0.1) is 11.7 Å². The molecule has 1 spiro atoms. The molecule has 4 aromatic rings. The highest BCUT2D eigenvalue weighted by atomic mass is 19.1. The number of anilines is 1. The Labute approximate surface area is 280 Å². The molecule has 3 aliphatic rings. The molecular formula is C36H45FN8O3. The van der Waals surface area contributed by atoms with Gasteiger partial charge >= 0.3 is 0 Å². The van der Waals surface area contributed by atoms with Gasteiger partial charge in [-0.15, -0.1) is 0 Å². The summed E-state index contributed by atoms with van der Waals surface area (Å²) in [6.45, 7) is 5.49. The Kier molecular flexibility index (Phi) is 9.19. The molecule has 0 atom stereocenters. The lowest BCUT2D eigenvalue weighted by Gasteiger charge is -2.52. The number of piperazine rings is 1. The van der Waals surface area contributed by atoms with Crippen LogP contribution in [0.4, 0.5) is 10.2 Å². The van der Waals surface area contributed by atoms with Crippen molar-refractivity contribution in [1.82, 2.24) is 29.5 Å². The summed E-state index contributed by atoms with van der Waals surface area (Å²) in [5.41, 5.74) is 9.67. The van der Waals surface area contributed by atoms with Crippen LogP contribution >= 0.6 is 0 Å². The molecule has 2 fully saturated rings. The van der Waals surface area contributed by atoms with Gasteiger partial charge in [-0.05, 0) is 74.4 Å². The molecule has 1 aliphatic carbocycles. The third-order valence-electron chi connectivity index (χ3n) is 10.7. The van der Waals surface area contributed by atoms with Crippen molar-refractivity contribution in [3.05, 3.63) is 71.4 Å². The fourth-order valence-electron chi connectivity index (χ4n) is 8.17. The molecule has 12 heteroatoms. The smallest absolute Gasteiger partial charge is 0.225 e. The fourth-order valence-corrected chi connectivity index (χ4v) is 8.17. The average Bonchev–Trinajstić information content (AvgIpc) is 3.54. The van der Waals surface area contributed by atoms with Crippen LogP contribution in [0.1, 0.15) is 48.8 Å². The summed E-state index contributed by atoms with van der Waals surface area (Å²) in [6.07, 6.45) is 8.74. The van der Waals surface area contributed by atoms with Gasteiger partial charge in [-0.25, -0.2) is 19.0 Å². The van der Waals surface area contributed by atoms with Gasteiger partial charge < -0.3 is 25.0 Å². The number of hydrogen-bond acceptors (Lipinski definition) is 9. The number of carbonyl (C=O) groups is 1. The van der Waals surface area contributed by atoms with E-state index in [1.54, 1.807) is 43.6 Å². The Bertz CT molecular complexity index is 1760. The number of nitrogens with two attached hydrogens (primary N) is 1. The molecule has 2 aliphatic heterocycles. The maximum Gasteiger partial charge on any atom is 0.225 e. The Hall–Kier alpha value is -4.29. The number of methoxy groups -OCH3 is 2. The second kappa shape index (κ2) is 13.7. The quantitative estimate of drug-likeness (QED) is 0.286. The van der Waals surface area contributed by atoms with E-state index in [9.17, 15) is 9.18 Å². The lowest BCUT2D eigenvalue weighted by atomic mass is 9.68. The molecule has 1 saturated heterocycles. The molecule has 1 amide bonds. The number of carbonyl (C=O) groups excluding carboxylic acids is 1. The van der Waals surface area contributed by atoms with E-state index in [0.29, 0.717) is 43.9 Å². The van der Waals surface area contributed by atoms with Gasteiger partial charge in [-0.3, -0.25) is 9.69 Å². The lowest BCUT2D eigenvalue weighted by molar-refractivity contribution is -0.138. The number of halogens is 1. The minimum absolute atomic E-state index is 0.00595. The number of rotatable bonds is 9. The van der Waals surface area contributed by atoms with Crippen molar-refractivity contribution in [2.75, 3.05) is 64.9 Å². The van der Waals surface area contributed by atoms with Crippen molar-refractivity contribution in [3.8, 4) is 11.5 Å². The molecule has 4 heterocycles. The van der Waals surface area contributed by atoms with Gasteiger partial charge in [-0.2, -0.15) is 5.10 Å². The summed E-state index contributed by atoms with van der Waals surface area (Å²) < 4.78 is 27.4. The van der Waals surface area contributed by atoms with Crippen molar-refractivity contribution in [1.29, 1.82) is 0 Å². The molecule has 2 aromatic carbocycles. The van der Waals surface area contributed by atoms with Crippen LogP contribution in [0.5, 0.6) is 11.5 Å². The third-order valence-corrected chi connectivity index (χ3v) is 10.7. The number of aromatic nitrogens is 4. The summed E-state index contributed by atoms with van der Waals surface area (Å²) in [5.74, 6) is 2.32. The van der Waals surface area contributed by atoms with E-state index in [4.69, 9.17) is 15.2 Å². The Morgan fingerprint density at radius 3 is 2.50 bits per heavy atom. The SMILES string of the molecule is COc1cc2c(cc1OC)[C@]1(CC[C@H](C(=O)N3CCN(c4ncnc5c4cnn5Cc4ccccc4F)CC3)CC1)N(CCCN)CC2. The largest absolute Gasteiger partial charge is 0.493 e. The first-order valence-corrected chi connectivity index (χ1v) is 17.1. The maximum atomic E-state index is 14.3. The molecular weight excluding hydrogens is 611 g/mol. The van der Waals surface area contributed by atoms with Crippen LogP contribution in [0.15, 0.2) is 48.9 Å². The van der Waals surface area contributed by atoms with E-state index in [1.807, 2.05) is 11.0 Å². The molecule has 0 bridgehead atoms. The molecule has 11 nitrogen and oxygen atoms in total. The number of fused-ring (bicyclic) bond motifs is 3. The first-order chi connectivity index (χ1) is 23.5. The van der Waals surface area contributed by atoms with Gasteiger partial charge in [0.1, 0.15) is 18.0 Å². The number of hydrogen-bond donors (Lipinski definition) is 1. The number of amides is 1. The maximum absolute atomic E-state index is 14.3. The predicted octanol–water partition coefficient (Wildman–Crippen LogP) is 3.97. The van der Waals surface area contributed by atoms with Crippen molar-refractivity contribution in [2.45, 2.75) is 50.6 Å². The van der Waals surface area contributed by atoms with E-state index in [-0.39, 0.29) is 29.7 Å². The van der Waals surface area contributed by atoms with Crippen LogP contribution < -0.4 is 20.1 Å². The average molecular weight is 657 g/mol. The summed E-state index contributed by atoms with van der Waals surface area (Å²) in [4.78, 5) is 29.9. The molecule has 7 rings (SSSR count). The van der Waals surface area contributed by atoms with E-state index in [1.165, 1.54) is 17.2 Å². The summed E-state index contributed by atoms with van der Waals surface area (Å²) in [5, 5.41) is 5.34. The Morgan fingerprint density at radius 1 is 1.02 bits per heavy atom. The molecule has 254 valence electrons. The van der Waals surface area contributed by atoms with Gasteiger partial charge in [0.25, 0.3) is 0 Å². The van der Waals surface area contributed by atoms with E-state index < -0.39 is 0 Å². The van der Waals surface area contributed by atoms with E-state index in [0.717, 1.165) is 74.3 Å². The summed E-state index contributed by atoms with van der Waals surface area (Å²) >= 11 is 0. The Balaban J connectivity index is 1.02. The van der Waals surface area contributed by atoms with Gasteiger partial charge in [0.05, 0.1) is 32.3 Å². The van der Waals surface area contributed by atoms with Crippen molar-refractivity contribution < 1.29 is 18.7 Å². The second-order valence-corrected chi connectivity index (χ2v) is 13.2. The fraction of sp³-hybridized carbons (Fsp3) is 0.500. The minimum Gasteiger partial charge on any atom is -0.493 e. The second-order valence-electron chi connectivity index (χ2n) is 13.2. The van der Waals surface area contributed by atoms with Gasteiger partial charge in [-0.1, -0.05) is 18.2 Å². The number of nitrogens with zero attached hydrogens (tertiary/aromatic N) is 7. The van der Waals surface area contributed by atoms with Crippen LogP contribution in [0.25, 0.3) is 11.0 Å². The highest BCUT2D eigenvalue weighted by Gasteiger charge is 2.47. The van der Waals surface area contributed by atoms with Gasteiger partial charge in [0.2, 0.25) is 5.91 Å². The topological polar surface area (TPSA) is 115 Å². The lowest BCUT2D eigenvalue weighted by Crippen LogP contribution is -2.55. The molecule has 1 saturated carbocycles. The van der Waals surface area contributed by atoms with E-state index >= 15 is 0 Å². The number of benzene rings is 2. The van der Waals surface area contributed by atoms with Gasteiger partial charge in [0, 0.05) is 56.3 Å². The normalized spacial score (nSPS) is 21.5. The zero-order chi connectivity index (χ0) is 33.3. The monoisotopic (exact) mass is 656 g/mol. The van der Waals surface area contributed by atoms with Gasteiger partial charge in [0.15, 0.2) is 17.1 Å². The molecule has 2 N–H and O–H groups in total. The zero-order valence-corrected chi connectivity index (χ0v) is 27.9. The predicted molar refractivity (Wildman–Crippen MR) is 182 cm³/mol. The van der Waals surface area contributed by atoms with Crippen LogP contribution in [-0.4, -0.2) is 95.5 Å². The molecule has 2 aromatic heterocycles. The van der Waals surface area contributed by atoms with E-state index in [2.05, 4.69) is 37.0 Å². The molecule has 48 heavy (non-hydrogen) atoms. The van der Waals surface area contributed by atoms with Crippen LogP contribution in [0.2, 0.25) is 0 Å². The highest BCUT2D eigenvalue weighted by Crippen LogP contribution is 2.50. The standard InChI is InChI=1S/C36H45FN8O3/c1-47-31-20-26-10-15-44(14-5-13-38)36(29(26)21-32(31)48-2)11-8-25(9-12-36)35(46)43-18-16-42(17-19-43)33-28-22-41-45(34(28)40-24-39-33)23-27-6-3-4-7-30(27)37/h3-4,6-7,20-22,24-25H,5,8-19,23,38H2,1-2H3/t25-,36+. The Morgan fingerprint density at radius 2 is 1.77 bits per heavy atom. The summed E-state index contributed by atoms with van der Waals surface area (Å²) in [7, 11) is 3.38. The minimum atomic E-state index is -0.266. The first-order valence-electron chi connectivity index (χ1n) is 17.1. The van der Waals surface area contributed by atoms with Crippen molar-refractivity contribution in [2.24, 2.45) is 11.7 Å². The van der Waals surface area contributed by atoms with Crippen molar-refractivity contribution in [3.63, 3.8) is 0 Å². The first kappa shape index (κ1) is 32.3. The van der Waals surface area contributed by atoms with Crippen molar-refractivity contribution >= 4 is 22.8 Å².